The topological polar surface area (TPSA) is 149 Å². The molecule has 0 aromatic carbocycles. The lowest BCUT2D eigenvalue weighted by atomic mass is 9.99. The van der Waals surface area contributed by atoms with E-state index in [0.717, 1.165) is 38.5 Å². The molecule has 0 aromatic rings. The fraction of sp³-hybridized carbons (Fsp3) is 0.947. The van der Waals surface area contributed by atoms with Crippen LogP contribution in [0, 0.1) is 0 Å². The molecule has 0 saturated carbocycles. The van der Waals surface area contributed by atoms with Crippen molar-refractivity contribution in [3.05, 3.63) is 12.2 Å². The second-order valence-electron chi connectivity index (χ2n) is 20.5. The van der Waals surface area contributed by atoms with E-state index < -0.39 is 49.5 Å². The molecule has 1 amide bonds. The van der Waals surface area contributed by atoms with Crippen LogP contribution in [0.4, 0.5) is 0 Å². The number of ether oxygens (including phenoxy) is 2. The first-order chi connectivity index (χ1) is 32.3. The normalized spacial score (nSPS) is 19.8. The van der Waals surface area contributed by atoms with Crippen LogP contribution in [0.25, 0.3) is 0 Å². The van der Waals surface area contributed by atoms with Gasteiger partial charge in [-0.25, -0.2) is 0 Å². The van der Waals surface area contributed by atoms with Crippen molar-refractivity contribution >= 4 is 5.91 Å². The number of rotatable bonds is 50. The van der Waals surface area contributed by atoms with Crippen LogP contribution in [0.15, 0.2) is 12.2 Å². The molecule has 7 atom stereocenters. The molecule has 1 heterocycles. The Kier molecular flexibility index (Phi) is 45.4. The molecule has 7 unspecified atom stereocenters. The van der Waals surface area contributed by atoms with E-state index >= 15 is 0 Å². The number of carbonyl (C=O) groups excluding carboxylic acids is 1. The van der Waals surface area contributed by atoms with Crippen LogP contribution in [-0.4, -0.2) is 87.5 Å². The van der Waals surface area contributed by atoms with Crippen molar-refractivity contribution < 1.29 is 39.8 Å². The summed E-state index contributed by atoms with van der Waals surface area (Å²) in [6, 6.07) is -0.799. The summed E-state index contributed by atoms with van der Waals surface area (Å²) >= 11 is 0. The van der Waals surface area contributed by atoms with E-state index in [2.05, 4.69) is 19.2 Å². The lowest BCUT2D eigenvalue weighted by Crippen LogP contribution is -2.60. The lowest BCUT2D eigenvalue weighted by Gasteiger charge is -2.40. The Balaban J connectivity index is 2.12. The van der Waals surface area contributed by atoms with Gasteiger partial charge < -0.3 is 40.3 Å². The first-order valence-corrected chi connectivity index (χ1v) is 28.9. The number of carbonyl (C=O) groups is 1. The molecule has 1 aliphatic rings. The zero-order chi connectivity index (χ0) is 48.0. The molecular weight excluding hydrogens is 827 g/mol. The van der Waals surface area contributed by atoms with E-state index in [1.165, 1.54) is 231 Å². The Labute approximate surface area is 407 Å². The number of allylic oxidation sites excluding steroid dienone is 1. The van der Waals surface area contributed by atoms with Crippen molar-refractivity contribution in [1.82, 2.24) is 5.32 Å². The zero-order valence-corrected chi connectivity index (χ0v) is 43.5. The average Bonchev–Trinajstić information content (AvgIpc) is 3.32. The molecular formula is C57H111NO8. The number of nitrogens with one attached hydrogen (secondary N) is 1. The third-order valence-electron chi connectivity index (χ3n) is 14.1. The Hall–Kier alpha value is -1.07. The van der Waals surface area contributed by atoms with Crippen molar-refractivity contribution in [2.75, 3.05) is 13.2 Å². The molecule has 0 aromatic heterocycles. The Morgan fingerprint density at radius 1 is 0.500 bits per heavy atom. The lowest BCUT2D eigenvalue weighted by molar-refractivity contribution is -0.302. The number of hydrogen-bond acceptors (Lipinski definition) is 8. The summed E-state index contributed by atoms with van der Waals surface area (Å²) in [6.45, 7) is 3.80. The summed E-state index contributed by atoms with van der Waals surface area (Å²) in [4.78, 5) is 13.0. The minimum Gasteiger partial charge on any atom is -0.394 e. The third-order valence-corrected chi connectivity index (χ3v) is 14.1. The van der Waals surface area contributed by atoms with Gasteiger partial charge in [-0.2, -0.15) is 0 Å². The number of unbranched alkanes of at least 4 members (excludes halogenated alkanes) is 40. The van der Waals surface area contributed by atoms with Gasteiger partial charge in [0.1, 0.15) is 24.4 Å². The van der Waals surface area contributed by atoms with E-state index in [9.17, 15) is 30.3 Å². The quantitative estimate of drug-likeness (QED) is 0.0261. The van der Waals surface area contributed by atoms with Crippen molar-refractivity contribution in [2.24, 2.45) is 0 Å². The number of aliphatic hydroxyl groups is 5. The molecule has 392 valence electrons. The van der Waals surface area contributed by atoms with Crippen LogP contribution < -0.4 is 5.32 Å². The zero-order valence-electron chi connectivity index (χ0n) is 43.5. The molecule has 0 spiro atoms. The maximum Gasteiger partial charge on any atom is 0.220 e. The molecule has 9 nitrogen and oxygen atoms in total. The van der Waals surface area contributed by atoms with Gasteiger partial charge in [0.15, 0.2) is 6.29 Å². The highest BCUT2D eigenvalue weighted by Gasteiger charge is 2.44. The molecule has 0 bridgehead atoms. The maximum atomic E-state index is 13.0. The minimum absolute atomic E-state index is 0.171. The number of hydrogen-bond donors (Lipinski definition) is 6. The molecule has 1 fully saturated rings. The predicted octanol–water partition coefficient (Wildman–Crippen LogP) is 14.0. The van der Waals surface area contributed by atoms with Crippen LogP contribution >= 0.6 is 0 Å². The molecule has 0 aliphatic carbocycles. The van der Waals surface area contributed by atoms with E-state index in [-0.39, 0.29) is 12.5 Å². The SMILES string of the molecule is CCCCCCCCCCCCC/C=C/C(O)C(COC1OC(CO)C(O)C(O)C1O)NC(=O)CCCCCCCCCCCCCCCCCCCCCCCCCCCCCCCC. The molecule has 6 N–H and O–H groups in total. The van der Waals surface area contributed by atoms with Gasteiger partial charge in [-0.1, -0.05) is 276 Å². The standard InChI is InChI=1S/C57H111NO8/c1-3-5-7-9-11-13-15-17-18-19-20-21-22-23-24-25-26-27-28-29-30-31-32-33-35-37-39-41-43-45-47-53(61)58-50(49-65-57-56(64)55(63)54(62)52(48-59)66-57)51(60)46-44-42-40-38-36-34-16-14-12-10-8-6-4-2/h44,46,50-52,54-57,59-60,62-64H,3-43,45,47-49H2,1-2H3,(H,58,61)/b46-44+. The summed E-state index contributed by atoms with van der Waals surface area (Å²) in [5.41, 5.74) is 0. The Bertz CT molecular complexity index is 1040. The predicted molar refractivity (Wildman–Crippen MR) is 277 cm³/mol. The fourth-order valence-electron chi connectivity index (χ4n) is 9.51. The van der Waals surface area contributed by atoms with Crippen molar-refractivity contribution in [1.29, 1.82) is 0 Å². The second kappa shape index (κ2) is 47.6. The highest BCUT2D eigenvalue weighted by Crippen LogP contribution is 2.23. The van der Waals surface area contributed by atoms with Gasteiger partial charge in [0, 0.05) is 6.42 Å². The van der Waals surface area contributed by atoms with Gasteiger partial charge in [-0.05, 0) is 19.3 Å². The first kappa shape index (κ1) is 62.9. The highest BCUT2D eigenvalue weighted by molar-refractivity contribution is 5.76. The van der Waals surface area contributed by atoms with Gasteiger partial charge in [0.2, 0.25) is 5.91 Å². The highest BCUT2D eigenvalue weighted by atomic mass is 16.7. The average molecular weight is 939 g/mol. The maximum absolute atomic E-state index is 13.0. The van der Waals surface area contributed by atoms with E-state index in [4.69, 9.17) is 9.47 Å². The third kappa shape index (κ3) is 36.9. The Morgan fingerprint density at radius 2 is 0.833 bits per heavy atom. The van der Waals surface area contributed by atoms with E-state index in [1.54, 1.807) is 6.08 Å². The van der Waals surface area contributed by atoms with Crippen molar-refractivity contribution in [3.8, 4) is 0 Å². The van der Waals surface area contributed by atoms with Gasteiger partial charge in [0.05, 0.1) is 25.4 Å². The van der Waals surface area contributed by atoms with Gasteiger partial charge in [-0.15, -0.1) is 0 Å². The molecule has 66 heavy (non-hydrogen) atoms. The van der Waals surface area contributed by atoms with Crippen molar-refractivity contribution in [2.45, 2.75) is 333 Å². The number of aliphatic hydroxyl groups excluding tert-OH is 5. The summed E-state index contributed by atoms with van der Waals surface area (Å²) in [7, 11) is 0. The van der Waals surface area contributed by atoms with E-state index in [1.807, 2.05) is 6.08 Å². The molecule has 1 saturated heterocycles. The van der Waals surface area contributed by atoms with Crippen LogP contribution in [0.1, 0.15) is 290 Å². The summed E-state index contributed by atoms with van der Waals surface area (Å²) in [6.07, 6.45) is 51.5. The van der Waals surface area contributed by atoms with Crippen LogP contribution in [0.2, 0.25) is 0 Å². The second-order valence-corrected chi connectivity index (χ2v) is 20.5. The minimum atomic E-state index is -1.56. The smallest absolute Gasteiger partial charge is 0.220 e. The van der Waals surface area contributed by atoms with Gasteiger partial charge in [0.25, 0.3) is 0 Å². The first-order valence-electron chi connectivity index (χ1n) is 28.9. The molecule has 1 rings (SSSR count). The van der Waals surface area contributed by atoms with Crippen LogP contribution in [-0.2, 0) is 14.3 Å². The number of amides is 1. The molecule has 1 aliphatic heterocycles. The fourth-order valence-corrected chi connectivity index (χ4v) is 9.51. The van der Waals surface area contributed by atoms with Crippen molar-refractivity contribution in [3.63, 3.8) is 0 Å². The summed E-state index contributed by atoms with van der Waals surface area (Å²) in [5, 5.41) is 54.4. The Morgan fingerprint density at radius 3 is 1.18 bits per heavy atom. The monoisotopic (exact) mass is 938 g/mol. The summed E-state index contributed by atoms with van der Waals surface area (Å²) in [5.74, 6) is -0.171. The largest absolute Gasteiger partial charge is 0.394 e. The molecule has 9 heteroatoms. The summed E-state index contributed by atoms with van der Waals surface area (Å²) < 4.78 is 11.2. The van der Waals surface area contributed by atoms with Gasteiger partial charge >= 0.3 is 0 Å². The van der Waals surface area contributed by atoms with Crippen LogP contribution in [0.3, 0.4) is 0 Å². The van der Waals surface area contributed by atoms with E-state index in [0.29, 0.717) is 6.42 Å². The molecule has 0 radical (unpaired) electrons. The van der Waals surface area contributed by atoms with Gasteiger partial charge in [-0.3, -0.25) is 4.79 Å². The van der Waals surface area contributed by atoms with Crippen LogP contribution in [0.5, 0.6) is 0 Å².